The Labute approximate surface area is 111 Å². The summed E-state index contributed by atoms with van der Waals surface area (Å²) in [6, 6.07) is 1.28. The number of terminal acetylenes is 1. The summed E-state index contributed by atoms with van der Waals surface area (Å²) in [7, 11) is -3.70. The van der Waals surface area contributed by atoms with E-state index >= 15 is 0 Å². The predicted molar refractivity (Wildman–Crippen MR) is 68.3 cm³/mol. The number of carboxylic acid groups (broad SMARTS) is 1. The number of nitrogens with zero attached hydrogens (tertiary/aromatic N) is 1. The Bertz CT molecular complexity index is 635. The molecule has 0 atom stereocenters. The number of hydrogen-bond acceptors (Lipinski definition) is 3. The Kier molecular flexibility index (Phi) is 3.64. The first kappa shape index (κ1) is 13.6. The summed E-state index contributed by atoms with van der Waals surface area (Å²) in [4.78, 5) is 11.1. The van der Waals surface area contributed by atoms with Crippen LogP contribution >= 0.6 is 0 Å². The van der Waals surface area contributed by atoms with Crippen molar-refractivity contribution in [2.24, 2.45) is 0 Å². The fourth-order valence-corrected chi connectivity index (χ4v) is 2.82. The molecule has 1 heterocycles. The predicted octanol–water partition coefficient (Wildman–Crippen LogP) is 0.823. The van der Waals surface area contributed by atoms with Crippen LogP contribution in [-0.4, -0.2) is 30.6 Å². The molecule has 0 spiro atoms. The van der Waals surface area contributed by atoms with Gasteiger partial charge < -0.3 is 9.67 Å². The molecule has 1 aliphatic rings. The lowest BCUT2D eigenvalue weighted by Gasteiger charge is -2.03. The van der Waals surface area contributed by atoms with E-state index in [9.17, 15) is 13.2 Å². The van der Waals surface area contributed by atoms with Crippen LogP contribution < -0.4 is 4.72 Å². The summed E-state index contributed by atoms with van der Waals surface area (Å²) in [6.07, 6.45) is 8.45. The first-order valence-corrected chi connectivity index (χ1v) is 7.32. The van der Waals surface area contributed by atoms with Gasteiger partial charge >= 0.3 is 5.97 Å². The fraction of sp³-hybridized carbons (Fsp3) is 0.417. The minimum absolute atomic E-state index is 0.000162. The molecule has 0 bridgehead atoms. The Morgan fingerprint density at radius 2 is 2.26 bits per heavy atom. The van der Waals surface area contributed by atoms with Crippen molar-refractivity contribution in [2.75, 3.05) is 6.54 Å². The Morgan fingerprint density at radius 3 is 2.79 bits per heavy atom. The van der Waals surface area contributed by atoms with Crippen molar-refractivity contribution in [2.45, 2.75) is 30.2 Å². The molecule has 1 fully saturated rings. The quantitative estimate of drug-likeness (QED) is 0.597. The van der Waals surface area contributed by atoms with Crippen LogP contribution in [0.4, 0.5) is 0 Å². The van der Waals surface area contributed by atoms with E-state index in [-0.39, 0.29) is 29.6 Å². The minimum atomic E-state index is -3.70. The van der Waals surface area contributed by atoms with Gasteiger partial charge in [-0.1, -0.05) is 0 Å². The third-order valence-corrected chi connectivity index (χ3v) is 4.28. The SMILES string of the molecule is C#CCCNS(=O)(=O)c1cc(C(=O)O)n(C2CC2)c1. The average Bonchev–Trinajstić information content (AvgIpc) is 3.07. The van der Waals surface area contributed by atoms with Crippen LogP contribution in [0.2, 0.25) is 0 Å². The van der Waals surface area contributed by atoms with Crippen molar-refractivity contribution in [1.29, 1.82) is 0 Å². The van der Waals surface area contributed by atoms with E-state index < -0.39 is 16.0 Å². The maximum absolute atomic E-state index is 12.0. The van der Waals surface area contributed by atoms with Gasteiger partial charge in [-0.05, 0) is 18.9 Å². The Hall–Kier alpha value is -1.78. The number of rotatable bonds is 6. The number of carbonyl (C=O) groups is 1. The zero-order valence-corrected chi connectivity index (χ0v) is 11.0. The molecule has 19 heavy (non-hydrogen) atoms. The van der Waals surface area contributed by atoms with Crippen LogP contribution in [0.3, 0.4) is 0 Å². The topological polar surface area (TPSA) is 88.4 Å². The lowest BCUT2D eigenvalue weighted by atomic mass is 10.4. The lowest BCUT2D eigenvalue weighted by Crippen LogP contribution is -2.24. The van der Waals surface area contributed by atoms with Gasteiger partial charge in [0.05, 0.1) is 0 Å². The van der Waals surface area contributed by atoms with Crippen LogP contribution in [0.25, 0.3) is 0 Å². The van der Waals surface area contributed by atoms with E-state index in [2.05, 4.69) is 10.6 Å². The summed E-state index contributed by atoms with van der Waals surface area (Å²) in [5.41, 5.74) is -0.000162. The summed E-state index contributed by atoms with van der Waals surface area (Å²) in [6.45, 7) is 0.135. The van der Waals surface area contributed by atoms with Crippen molar-refractivity contribution in [3.63, 3.8) is 0 Å². The van der Waals surface area contributed by atoms with Crippen molar-refractivity contribution in [3.8, 4) is 12.3 Å². The second-order valence-electron chi connectivity index (χ2n) is 4.36. The fourth-order valence-electron chi connectivity index (χ4n) is 1.77. The van der Waals surface area contributed by atoms with Gasteiger partial charge in [-0.2, -0.15) is 0 Å². The number of aromatic nitrogens is 1. The lowest BCUT2D eigenvalue weighted by molar-refractivity contribution is 0.0685. The second kappa shape index (κ2) is 5.07. The van der Waals surface area contributed by atoms with Crippen LogP contribution in [0.1, 0.15) is 35.8 Å². The zero-order valence-electron chi connectivity index (χ0n) is 10.2. The van der Waals surface area contributed by atoms with Crippen LogP contribution in [0, 0.1) is 12.3 Å². The summed E-state index contributed by atoms with van der Waals surface area (Å²) < 4.78 is 27.8. The molecule has 2 rings (SSSR count). The van der Waals surface area contributed by atoms with E-state index in [1.807, 2.05) is 0 Å². The average molecular weight is 282 g/mol. The van der Waals surface area contributed by atoms with E-state index in [0.29, 0.717) is 0 Å². The van der Waals surface area contributed by atoms with E-state index in [1.54, 1.807) is 0 Å². The van der Waals surface area contributed by atoms with Gasteiger partial charge in [0.25, 0.3) is 0 Å². The van der Waals surface area contributed by atoms with Gasteiger partial charge in [0.1, 0.15) is 10.6 Å². The summed E-state index contributed by atoms with van der Waals surface area (Å²) in [5.74, 6) is 1.20. The number of aromatic carboxylic acids is 1. The third-order valence-electron chi connectivity index (χ3n) is 2.85. The molecule has 102 valence electrons. The Morgan fingerprint density at radius 1 is 1.58 bits per heavy atom. The first-order chi connectivity index (χ1) is 8.95. The molecule has 7 heteroatoms. The highest BCUT2D eigenvalue weighted by Gasteiger charge is 2.30. The molecule has 0 saturated heterocycles. The molecule has 6 nitrogen and oxygen atoms in total. The molecule has 1 saturated carbocycles. The van der Waals surface area contributed by atoms with E-state index in [4.69, 9.17) is 11.5 Å². The molecular weight excluding hydrogens is 268 g/mol. The van der Waals surface area contributed by atoms with Gasteiger partial charge in [-0.3, -0.25) is 0 Å². The van der Waals surface area contributed by atoms with Crippen molar-refractivity contribution in [1.82, 2.24) is 9.29 Å². The normalized spacial score (nSPS) is 15.1. The third kappa shape index (κ3) is 2.97. The molecule has 1 aromatic heterocycles. The molecule has 0 aromatic carbocycles. The van der Waals surface area contributed by atoms with Gasteiger partial charge in [0.15, 0.2) is 0 Å². The summed E-state index contributed by atoms with van der Waals surface area (Å²) in [5, 5.41) is 9.07. The number of carboxylic acids is 1. The molecule has 2 N–H and O–H groups in total. The maximum Gasteiger partial charge on any atom is 0.352 e. The van der Waals surface area contributed by atoms with Crippen LogP contribution in [-0.2, 0) is 10.0 Å². The molecule has 0 radical (unpaired) electrons. The second-order valence-corrected chi connectivity index (χ2v) is 6.12. The largest absolute Gasteiger partial charge is 0.477 e. The van der Waals surface area contributed by atoms with E-state index in [1.165, 1.54) is 16.8 Å². The number of sulfonamides is 1. The molecule has 0 aliphatic heterocycles. The van der Waals surface area contributed by atoms with Gasteiger partial charge in [0, 0.05) is 25.2 Å². The van der Waals surface area contributed by atoms with Gasteiger partial charge in [0.2, 0.25) is 10.0 Å². The molecular formula is C12H14N2O4S. The smallest absolute Gasteiger partial charge is 0.352 e. The number of nitrogens with one attached hydrogen (secondary N) is 1. The monoisotopic (exact) mass is 282 g/mol. The van der Waals surface area contributed by atoms with Gasteiger partial charge in [-0.25, -0.2) is 17.9 Å². The van der Waals surface area contributed by atoms with Crippen molar-refractivity contribution in [3.05, 3.63) is 18.0 Å². The highest BCUT2D eigenvalue weighted by atomic mass is 32.2. The highest BCUT2D eigenvalue weighted by Crippen LogP contribution is 2.37. The molecule has 0 unspecified atom stereocenters. The van der Waals surface area contributed by atoms with Gasteiger partial charge in [-0.15, -0.1) is 12.3 Å². The molecule has 1 aromatic rings. The van der Waals surface area contributed by atoms with Crippen LogP contribution in [0.5, 0.6) is 0 Å². The van der Waals surface area contributed by atoms with Crippen molar-refractivity contribution < 1.29 is 18.3 Å². The van der Waals surface area contributed by atoms with Crippen LogP contribution in [0.15, 0.2) is 17.2 Å². The summed E-state index contributed by atoms with van der Waals surface area (Å²) >= 11 is 0. The van der Waals surface area contributed by atoms with Crippen molar-refractivity contribution >= 4 is 16.0 Å². The highest BCUT2D eigenvalue weighted by molar-refractivity contribution is 7.89. The first-order valence-electron chi connectivity index (χ1n) is 5.84. The standard InChI is InChI=1S/C12H14N2O4S/c1-2-3-6-13-19(17,18)10-7-11(12(15)16)14(8-10)9-4-5-9/h1,7-9,13H,3-6H2,(H,15,16). The minimum Gasteiger partial charge on any atom is -0.477 e. The van der Waals surface area contributed by atoms with E-state index in [0.717, 1.165) is 12.8 Å². The number of hydrogen-bond donors (Lipinski definition) is 2. The molecule has 0 amide bonds. The molecule has 1 aliphatic carbocycles. The zero-order chi connectivity index (χ0) is 14.0. The maximum atomic E-state index is 12.0. The Balaban J connectivity index is 2.27.